The lowest BCUT2D eigenvalue weighted by atomic mass is 9.98. The second kappa shape index (κ2) is 6.93. The topological polar surface area (TPSA) is 30.7 Å². The minimum absolute atomic E-state index is 0.561. The third kappa shape index (κ3) is 2.85. The normalized spacial score (nSPS) is 16.3. The van der Waals surface area contributed by atoms with Gasteiger partial charge in [0.15, 0.2) is 11.6 Å². The van der Waals surface area contributed by atoms with Gasteiger partial charge in [0.2, 0.25) is 0 Å². The molecule has 1 aliphatic rings. The Morgan fingerprint density at radius 1 is 0.821 bits per heavy atom. The Balaban J connectivity index is 1.79. The molecule has 0 radical (unpaired) electrons. The molecule has 0 saturated heterocycles. The molecule has 3 heteroatoms. The molecule has 0 aliphatic heterocycles. The van der Waals surface area contributed by atoms with Crippen molar-refractivity contribution in [2.24, 2.45) is 5.92 Å². The van der Waals surface area contributed by atoms with Gasteiger partial charge in [0.1, 0.15) is 0 Å². The molecule has 1 unspecified atom stereocenters. The van der Waals surface area contributed by atoms with Gasteiger partial charge in [0.25, 0.3) is 0 Å². The molecule has 0 amide bonds. The van der Waals surface area contributed by atoms with E-state index >= 15 is 0 Å². The Morgan fingerprint density at radius 2 is 1.57 bits per heavy atom. The van der Waals surface area contributed by atoms with Gasteiger partial charge in [0.05, 0.1) is 5.69 Å². The molecule has 3 nitrogen and oxygen atoms in total. The first-order chi connectivity index (χ1) is 13.8. The molecule has 0 bridgehead atoms. The standard InChI is InChI=1S/C25H21N3/c1-18-14-16-21(17-15-18)25-27-26-24(20-9-3-2-4-10-20)28(25)23-13-7-11-19-8-5-6-12-22(19)23/h2-14,16-18H,15H2,1H3. The Labute approximate surface area is 164 Å². The van der Waals surface area contributed by atoms with E-state index in [0.29, 0.717) is 5.92 Å². The van der Waals surface area contributed by atoms with Gasteiger partial charge >= 0.3 is 0 Å². The molecule has 1 heterocycles. The van der Waals surface area contributed by atoms with E-state index in [2.05, 4.69) is 94.5 Å². The average Bonchev–Trinajstić information content (AvgIpc) is 3.19. The average molecular weight is 363 g/mol. The van der Waals surface area contributed by atoms with E-state index in [0.717, 1.165) is 34.9 Å². The first-order valence-electron chi connectivity index (χ1n) is 9.69. The molecular formula is C25H21N3. The summed E-state index contributed by atoms with van der Waals surface area (Å²) in [6.07, 6.45) is 7.72. The predicted octanol–water partition coefficient (Wildman–Crippen LogP) is 6.07. The minimum Gasteiger partial charge on any atom is -0.274 e. The molecule has 4 aromatic rings. The van der Waals surface area contributed by atoms with Gasteiger partial charge in [-0.3, -0.25) is 4.57 Å². The summed E-state index contributed by atoms with van der Waals surface area (Å²) in [7, 11) is 0. The quantitative estimate of drug-likeness (QED) is 0.442. The van der Waals surface area contributed by atoms with Crippen molar-refractivity contribution in [1.82, 2.24) is 14.8 Å². The maximum absolute atomic E-state index is 4.62. The minimum atomic E-state index is 0.561. The number of benzene rings is 3. The molecule has 0 fully saturated rings. The fraction of sp³-hybridized carbons (Fsp3) is 0.120. The lowest BCUT2D eigenvalue weighted by Gasteiger charge is -2.16. The second-order valence-electron chi connectivity index (χ2n) is 7.28. The smallest absolute Gasteiger partial charge is 0.168 e. The zero-order valence-electron chi connectivity index (χ0n) is 15.8. The van der Waals surface area contributed by atoms with Crippen molar-refractivity contribution >= 4 is 16.3 Å². The largest absolute Gasteiger partial charge is 0.274 e. The van der Waals surface area contributed by atoms with E-state index in [1.165, 1.54) is 10.8 Å². The van der Waals surface area contributed by atoms with Gasteiger partial charge in [-0.15, -0.1) is 10.2 Å². The zero-order chi connectivity index (χ0) is 18.9. The summed E-state index contributed by atoms with van der Waals surface area (Å²) in [5.74, 6) is 2.31. The highest BCUT2D eigenvalue weighted by Gasteiger charge is 2.20. The molecule has 1 aliphatic carbocycles. The third-order valence-electron chi connectivity index (χ3n) is 5.27. The first kappa shape index (κ1) is 16.7. The molecule has 0 saturated carbocycles. The highest BCUT2D eigenvalue weighted by molar-refractivity contribution is 5.91. The van der Waals surface area contributed by atoms with Crippen LogP contribution in [0.4, 0.5) is 0 Å². The maximum atomic E-state index is 4.62. The number of nitrogens with zero attached hydrogens (tertiary/aromatic N) is 3. The summed E-state index contributed by atoms with van der Waals surface area (Å²) in [4.78, 5) is 0. The SMILES string of the molecule is CC1C=CC(c2nnc(-c3ccccc3)n2-c2cccc3ccccc23)=CC1. The zero-order valence-corrected chi connectivity index (χ0v) is 15.8. The Morgan fingerprint density at radius 3 is 2.39 bits per heavy atom. The van der Waals surface area contributed by atoms with Gasteiger partial charge in [-0.2, -0.15) is 0 Å². The van der Waals surface area contributed by atoms with E-state index in [1.807, 2.05) is 18.2 Å². The van der Waals surface area contributed by atoms with Crippen LogP contribution in [0.25, 0.3) is 33.4 Å². The van der Waals surface area contributed by atoms with Crippen LogP contribution < -0.4 is 0 Å². The van der Waals surface area contributed by atoms with Crippen LogP contribution in [0.1, 0.15) is 19.2 Å². The fourth-order valence-electron chi connectivity index (χ4n) is 3.77. The van der Waals surface area contributed by atoms with Crippen molar-refractivity contribution in [3.8, 4) is 17.1 Å². The van der Waals surface area contributed by atoms with Crippen LogP contribution in [0.5, 0.6) is 0 Å². The van der Waals surface area contributed by atoms with Gasteiger partial charge in [-0.1, -0.05) is 91.9 Å². The number of rotatable bonds is 3. The molecule has 28 heavy (non-hydrogen) atoms. The van der Waals surface area contributed by atoms with Crippen LogP contribution >= 0.6 is 0 Å². The number of aromatic nitrogens is 3. The van der Waals surface area contributed by atoms with Crippen molar-refractivity contribution in [1.29, 1.82) is 0 Å². The van der Waals surface area contributed by atoms with Crippen molar-refractivity contribution in [2.45, 2.75) is 13.3 Å². The van der Waals surface area contributed by atoms with Crippen molar-refractivity contribution in [3.63, 3.8) is 0 Å². The lowest BCUT2D eigenvalue weighted by molar-refractivity contribution is 0.737. The maximum Gasteiger partial charge on any atom is 0.168 e. The number of hydrogen-bond acceptors (Lipinski definition) is 2. The Bertz CT molecular complexity index is 1190. The first-order valence-corrected chi connectivity index (χ1v) is 9.69. The third-order valence-corrected chi connectivity index (χ3v) is 5.27. The van der Waals surface area contributed by atoms with E-state index in [1.54, 1.807) is 0 Å². The number of hydrogen-bond donors (Lipinski definition) is 0. The van der Waals surface area contributed by atoms with Gasteiger partial charge in [-0.25, -0.2) is 0 Å². The number of fused-ring (bicyclic) bond motifs is 1. The van der Waals surface area contributed by atoms with Gasteiger partial charge < -0.3 is 0 Å². The summed E-state index contributed by atoms with van der Waals surface area (Å²) in [6, 6.07) is 25.1. The van der Waals surface area contributed by atoms with E-state index < -0.39 is 0 Å². The monoisotopic (exact) mass is 363 g/mol. The highest BCUT2D eigenvalue weighted by atomic mass is 15.3. The molecule has 5 rings (SSSR count). The summed E-state index contributed by atoms with van der Waals surface area (Å²) in [6.45, 7) is 2.23. The van der Waals surface area contributed by atoms with Crippen LogP contribution in [0.3, 0.4) is 0 Å². The fourth-order valence-corrected chi connectivity index (χ4v) is 3.77. The van der Waals surface area contributed by atoms with Crippen molar-refractivity contribution in [2.75, 3.05) is 0 Å². The van der Waals surface area contributed by atoms with Crippen LogP contribution in [0.2, 0.25) is 0 Å². The Kier molecular flexibility index (Phi) is 4.13. The molecule has 1 atom stereocenters. The van der Waals surface area contributed by atoms with E-state index in [9.17, 15) is 0 Å². The van der Waals surface area contributed by atoms with Crippen molar-refractivity contribution in [3.05, 3.63) is 96.8 Å². The molecule has 1 aromatic heterocycles. The van der Waals surface area contributed by atoms with E-state index in [-0.39, 0.29) is 0 Å². The molecule has 3 aromatic carbocycles. The van der Waals surface area contributed by atoms with Gasteiger partial charge in [0, 0.05) is 16.5 Å². The van der Waals surface area contributed by atoms with Crippen LogP contribution in [0, 0.1) is 5.92 Å². The Hall–Kier alpha value is -3.46. The van der Waals surface area contributed by atoms with Gasteiger partial charge in [-0.05, 0) is 23.8 Å². The molecule has 136 valence electrons. The van der Waals surface area contributed by atoms with Crippen LogP contribution in [-0.4, -0.2) is 14.8 Å². The summed E-state index contributed by atoms with van der Waals surface area (Å²) in [5, 5.41) is 11.6. The van der Waals surface area contributed by atoms with E-state index in [4.69, 9.17) is 0 Å². The van der Waals surface area contributed by atoms with Crippen LogP contribution in [0.15, 0.2) is 91.0 Å². The summed E-state index contributed by atoms with van der Waals surface area (Å²) >= 11 is 0. The molecule has 0 N–H and O–H groups in total. The highest BCUT2D eigenvalue weighted by Crippen LogP contribution is 2.32. The lowest BCUT2D eigenvalue weighted by Crippen LogP contribution is -2.05. The molecular weight excluding hydrogens is 342 g/mol. The number of allylic oxidation sites excluding steroid dienone is 4. The molecule has 0 spiro atoms. The summed E-state index contributed by atoms with van der Waals surface area (Å²) in [5.41, 5.74) is 3.29. The predicted molar refractivity (Wildman–Crippen MR) is 115 cm³/mol. The van der Waals surface area contributed by atoms with Crippen LogP contribution in [-0.2, 0) is 0 Å². The summed E-state index contributed by atoms with van der Waals surface area (Å²) < 4.78 is 2.20. The second-order valence-corrected chi connectivity index (χ2v) is 7.28. The van der Waals surface area contributed by atoms with Crippen molar-refractivity contribution < 1.29 is 0 Å².